The molecule has 1 amide bonds. The fourth-order valence-electron chi connectivity index (χ4n) is 3.48. The minimum atomic E-state index is -3.93. The molecule has 0 unspecified atom stereocenters. The van der Waals surface area contributed by atoms with Crippen molar-refractivity contribution in [2.45, 2.75) is 38.5 Å². The van der Waals surface area contributed by atoms with Crippen LogP contribution in [0.1, 0.15) is 41.3 Å². The van der Waals surface area contributed by atoms with Gasteiger partial charge >= 0.3 is 0 Å². The molecule has 1 fully saturated rings. The number of anilines is 1. The van der Waals surface area contributed by atoms with Crippen molar-refractivity contribution in [3.63, 3.8) is 0 Å². The molecule has 3 rings (SSSR count). The fraction of sp³-hybridized carbons (Fsp3) is 0.381. The predicted octanol–water partition coefficient (Wildman–Crippen LogP) is 4.63. The first-order chi connectivity index (χ1) is 13.2. The van der Waals surface area contributed by atoms with Crippen molar-refractivity contribution < 1.29 is 13.2 Å². The van der Waals surface area contributed by atoms with Gasteiger partial charge in [-0.15, -0.1) is 0 Å². The maximum absolute atomic E-state index is 12.9. The Bertz CT molecular complexity index is 976. The number of rotatable bonds is 4. The van der Waals surface area contributed by atoms with Crippen LogP contribution in [0.15, 0.2) is 41.3 Å². The highest BCUT2D eigenvalue weighted by Gasteiger charge is 2.25. The molecule has 150 valence electrons. The molecule has 0 aliphatic carbocycles. The molecule has 5 nitrogen and oxygen atoms in total. The second kappa shape index (κ2) is 8.13. The summed E-state index contributed by atoms with van der Waals surface area (Å²) in [6.07, 6.45) is 1.91. The van der Waals surface area contributed by atoms with E-state index in [0.717, 1.165) is 24.0 Å². The van der Waals surface area contributed by atoms with Crippen LogP contribution in [0.4, 0.5) is 5.69 Å². The first kappa shape index (κ1) is 20.7. The summed E-state index contributed by atoms with van der Waals surface area (Å²) in [7, 11) is -3.93. The molecule has 1 aliphatic heterocycles. The Morgan fingerprint density at radius 3 is 2.29 bits per heavy atom. The van der Waals surface area contributed by atoms with E-state index in [9.17, 15) is 13.2 Å². The molecular formula is C21H25ClN2O3S. The van der Waals surface area contributed by atoms with Crippen LogP contribution >= 0.6 is 11.6 Å². The van der Waals surface area contributed by atoms with Crippen LogP contribution in [-0.2, 0) is 10.0 Å². The van der Waals surface area contributed by atoms with Gasteiger partial charge in [0.25, 0.3) is 15.9 Å². The second-order valence-electron chi connectivity index (χ2n) is 7.60. The Morgan fingerprint density at radius 1 is 1.07 bits per heavy atom. The summed E-state index contributed by atoms with van der Waals surface area (Å²) >= 11 is 6.18. The monoisotopic (exact) mass is 420 g/mol. The average molecular weight is 421 g/mol. The summed E-state index contributed by atoms with van der Waals surface area (Å²) in [6.45, 7) is 7.34. The van der Waals surface area contributed by atoms with E-state index in [-0.39, 0.29) is 15.8 Å². The number of sulfonamides is 1. The standard InChI is InChI=1S/C21H25ClN2O3S/c1-14-6-8-24(9-7-14)21(25)17-4-5-19(22)20(13-17)28(26,27)23-18-11-15(2)10-16(3)12-18/h4-5,10-14,23H,6-9H2,1-3H3. The van der Waals surface area contributed by atoms with Gasteiger partial charge in [0.05, 0.1) is 5.02 Å². The first-order valence-corrected chi connectivity index (χ1v) is 11.2. The lowest BCUT2D eigenvalue weighted by molar-refractivity contribution is 0.0697. The van der Waals surface area contributed by atoms with Crippen LogP contribution in [-0.4, -0.2) is 32.3 Å². The molecule has 28 heavy (non-hydrogen) atoms. The highest BCUT2D eigenvalue weighted by atomic mass is 35.5. The smallest absolute Gasteiger partial charge is 0.263 e. The van der Waals surface area contributed by atoms with Gasteiger partial charge in [0.2, 0.25) is 0 Å². The van der Waals surface area contributed by atoms with Gasteiger partial charge in [-0.2, -0.15) is 0 Å². The highest BCUT2D eigenvalue weighted by molar-refractivity contribution is 7.92. The van der Waals surface area contributed by atoms with Crippen molar-refractivity contribution >= 4 is 33.2 Å². The summed E-state index contributed by atoms with van der Waals surface area (Å²) in [5.74, 6) is 0.443. The first-order valence-electron chi connectivity index (χ1n) is 9.35. The molecule has 2 aromatic carbocycles. The van der Waals surface area contributed by atoms with Gasteiger partial charge in [-0.1, -0.05) is 24.6 Å². The summed E-state index contributed by atoms with van der Waals surface area (Å²) < 4.78 is 28.4. The third-order valence-corrected chi connectivity index (χ3v) is 6.88. The molecule has 1 saturated heterocycles. The van der Waals surface area contributed by atoms with E-state index in [1.54, 1.807) is 23.1 Å². The predicted molar refractivity (Wildman–Crippen MR) is 112 cm³/mol. The second-order valence-corrected chi connectivity index (χ2v) is 9.66. The number of amides is 1. The molecule has 0 bridgehead atoms. The maximum atomic E-state index is 12.9. The maximum Gasteiger partial charge on any atom is 0.263 e. The number of benzene rings is 2. The Balaban J connectivity index is 1.88. The third kappa shape index (κ3) is 4.67. The minimum Gasteiger partial charge on any atom is -0.339 e. The number of hydrogen-bond donors (Lipinski definition) is 1. The zero-order valence-electron chi connectivity index (χ0n) is 16.3. The van der Waals surface area contributed by atoms with E-state index >= 15 is 0 Å². The SMILES string of the molecule is Cc1cc(C)cc(NS(=O)(=O)c2cc(C(=O)N3CCC(C)CC3)ccc2Cl)c1. The van der Waals surface area contributed by atoms with E-state index in [4.69, 9.17) is 11.6 Å². The fourth-order valence-corrected chi connectivity index (χ4v) is 5.05. The zero-order chi connectivity index (χ0) is 20.5. The number of halogens is 1. The van der Waals surface area contributed by atoms with E-state index < -0.39 is 10.0 Å². The van der Waals surface area contributed by atoms with Crippen LogP contribution < -0.4 is 4.72 Å². The summed E-state index contributed by atoms with van der Waals surface area (Å²) in [5.41, 5.74) is 2.70. The third-order valence-electron chi connectivity index (χ3n) is 5.01. The number of carbonyl (C=O) groups excluding carboxylic acids is 1. The average Bonchev–Trinajstić information content (AvgIpc) is 2.60. The van der Waals surface area contributed by atoms with Crippen LogP contribution in [0.2, 0.25) is 5.02 Å². The molecule has 0 spiro atoms. The Labute approximate surface area is 171 Å². The van der Waals surface area contributed by atoms with Crippen molar-refractivity contribution in [3.05, 3.63) is 58.1 Å². The van der Waals surface area contributed by atoms with Crippen molar-refractivity contribution in [2.75, 3.05) is 17.8 Å². The van der Waals surface area contributed by atoms with E-state index in [2.05, 4.69) is 11.6 Å². The Morgan fingerprint density at radius 2 is 1.68 bits per heavy atom. The molecule has 1 heterocycles. The molecule has 0 saturated carbocycles. The van der Waals surface area contributed by atoms with Gasteiger partial charge in [0.15, 0.2) is 0 Å². The number of carbonyl (C=O) groups is 1. The highest BCUT2D eigenvalue weighted by Crippen LogP contribution is 2.27. The van der Waals surface area contributed by atoms with Gasteiger partial charge in [-0.3, -0.25) is 9.52 Å². The van der Waals surface area contributed by atoms with E-state index in [0.29, 0.717) is 30.3 Å². The number of hydrogen-bond acceptors (Lipinski definition) is 3. The number of likely N-dealkylation sites (tertiary alicyclic amines) is 1. The van der Waals surface area contributed by atoms with Crippen LogP contribution in [0.25, 0.3) is 0 Å². The number of piperidine rings is 1. The lowest BCUT2D eigenvalue weighted by atomic mass is 9.98. The molecule has 1 N–H and O–H groups in total. The molecule has 0 radical (unpaired) electrons. The van der Waals surface area contributed by atoms with Crippen molar-refractivity contribution in [2.24, 2.45) is 5.92 Å². The molecule has 1 aliphatic rings. The van der Waals surface area contributed by atoms with Gasteiger partial charge in [-0.05, 0) is 74.1 Å². The van der Waals surface area contributed by atoms with E-state index in [1.165, 1.54) is 12.1 Å². The van der Waals surface area contributed by atoms with Gasteiger partial charge in [0, 0.05) is 24.3 Å². The summed E-state index contributed by atoms with van der Waals surface area (Å²) in [4.78, 5) is 14.5. The normalized spacial score (nSPS) is 15.5. The largest absolute Gasteiger partial charge is 0.339 e. The van der Waals surface area contributed by atoms with Crippen molar-refractivity contribution in [1.29, 1.82) is 0 Å². The van der Waals surface area contributed by atoms with E-state index in [1.807, 2.05) is 19.9 Å². The lowest BCUT2D eigenvalue weighted by Gasteiger charge is -2.30. The van der Waals surface area contributed by atoms with Crippen LogP contribution in [0, 0.1) is 19.8 Å². The summed E-state index contributed by atoms with van der Waals surface area (Å²) in [6, 6.07) is 9.89. The minimum absolute atomic E-state index is 0.0840. The molecule has 2 aromatic rings. The molecule has 0 aromatic heterocycles. The number of nitrogens with zero attached hydrogens (tertiary/aromatic N) is 1. The van der Waals surface area contributed by atoms with Crippen LogP contribution in [0.5, 0.6) is 0 Å². The van der Waals surface area contributed by atoms with Gasteiger partial charge < -0.3 is 4.90 Å². The molecule has 7 heteroatoms. The zero-order valence-corrected chi connectivity index (χ0v) is 17.9. The lowest BCUT2D eigenvalue weighted by Crippen LogP contribution is -2.38. The molecular weight excluding hydrogens is 396 g/mol. The summed E-state index contributed by atoms with van der Waals surface area (Å²) in [5, 5.41) is 0.0840. The van der Waals surface area contributed by atoms with Gasteiger partial charge in [-0.25, -0.2) is 8.42 Å². The van der Waals surface area contributed by atoms with Gasteiger partial charge in [0.1, 0.15) is 4.90 Å². The Kier molecular flexibility index (Phi) is 6.01. The van der Waals surface area contributed by atoms with Crippen LogP contribution in [0.3, 0.4) is 0 Å². The Hall–Kier alpha value is -2.05. The number of nitrogens with one attached hydrogen (secondary N) is 1. The van der Waals surface area contributed by atoms with Crippen molar-refractivity contribution in [3.8, 4) is 0 Å². The number of aryl methyl sites for hydroxylation is 2. The molecule has 0 atom stereocenters. The van der Waals surface area contributed by atoms with Crippen molar-refractivity contribution in [1.82, 2.24) is 4.90 Å². The topological polar surface area (TPSA) is 66.5 Å². The quantitative estimate of drug-likeness (QED) is 0.784.